The summed E-state index contributed by atoms with van der Waals surface area (Å²) in [5.41, 5.74) is 0.0695. The third kappa shape index (κ3) is 4.28. The van der Waals surface area contributed by atoms with Crippen LogP contribution in [0.15, 0.2) is 91.0 Å². The summed E-state index contributed by atoms with van der Waals surface area (Å²) in [6.45, 7) is 0. The van der Waals surface area contributed by atoms with Crippen LogP contribution in [0.2, 0.25) is 0 Å². The highest BCUT2D eigenvalue weighted by Crippen LogP contribution is 2.32. The maximum atomic E-state index is 13.1. The quantitative estimate of drug-likeness (QED) is 0.275. The number of fused-ring (bicyclic) bond motifs is 1. The molecule has 0 spiro atoms. The molecule has 0 aromatic heterocycles. The number of ether oxygens (including phenoxy) is 1. The Morgan fingerprint density at radius 2 is 1.16 bits per heavy atom. The van der Waals surface area contributed by atoms with Gasteiger partial charge in [0.15, 0.2) is 5.78 Å². The molecule has 9 nitrogen and oxygen atoms in total. The van der Waals surface area contributed by atoms with E-state index in [1.807, 2.05) is 0 Å². The normalized spacial score (nSPS) is 12.3. The van der Waals surface area contributed by atoms with E-state index in [1.165, 1.54) is 78.9 Å². The molecule has 9 heteroatoms. The van der Waals surface area contributed by atoms with Crippen molar-refractivity contribution in [3.8, 4) is 11.5 Å². The Morgan fingerprint density at radius 3 is 1.76 bits per heavy atom. The van der Waals surface area contributed by atoms with Gasteiger partial charge in [-0.1, -0.05) is 24.3 Å². The number of benzene rings is 4. The van der Waals surface area contributed by atoms with Crippen LogP contribution in [0.1, 0.15) is 57.4 Å². The number of carboxylic acid groups (broad SMARTS) is 2. The molecule has 1 aliphatic rings. The molecule has 0 bridgehead atoms. The molecule has 0 saturated heterocycles. The average Bonchev–Trinajstić information content (AvgIpc) is 3.17. The molecule has 4 aromatic rings. The van der Waals surface area contributed by atoms with E-state index in [0.29, 0.717) is 17.1 Å². The zero-order chi connectivity index (χ0) is 27.0. The molecule has 38 heavy (non-hydrogen) atoms. The number of hydrogen-bond donors (Lipinski definition) is 0. The van der Waals surface area contributed by atoms with Crippen molar-refractivity contribution in [2.75, 3.05) is 4.90 Å². The topological polar surface area (TPSA) is 144 Å². The molecule has 0 fully saturated rings. The third-order valence-corrected chi connectivity index (χ3v) is 5.96. The summed E-state index contributed by atoms with van der Waals surface area (Å²) < 4.78 is 5.66. The predicted octanol–water partition coefficient (Wildman–Crippen LogP) is 2.24. The Kier molecular flexibility index (Phi) is 6.02. The summed E-state index contributed by atoms with van der Waals surface area (Å²) in [5.74, 6) is -3.90. The summed E-state index contributed by atoms with van der Waals surface area (Å²) in [7, 11) is 0. The fourth-order valence-electron chi connectivity index (χ4n) is 4.08. The molecule has 0 atom stereocenters. The SMILES string of the molecule is O=C([O-])c1ccc(Oc2ccc(C(=O)c3ccc4c(c3)C(=O)N(c3ccccc3C(=O)[O-])C4=O)cc2)cc1. The van der Waals surface area contributed by atoms with Crippen molar-refractivity contribution >= 4 is 35.2 Å². The Labute approximate surface area is 215 Å². The number of ketones is 1. The zero-order valence-electron chi connectivity index (χ0n) is 19.4. The minimum absolute atomic E-state index is 0.0130. The Bertz CT molecular complexity index is 1640. The molecule has 0 radical (unpaired) electrons. The van der Waals surface area contributed by atoms with Crippen LogP contribution in [0.5, 0.6) is 11.5 Å². The fraction of sp³-hybridized carbons (Fsp3) is 0. The van der Waals surface area contributed by atoms with Gasteiger partial charge in [-0.3, -0.25) is 14.4 Å². The van der Waals surface area contributed by atoms with Crippen LogP contribution in [0.25, 0.3) is 0 Å². The van der Waals surface area contributed by atoms with Crippen molar-refractivity contribution in [2.24, 2.45) is 0 Å². The van der Waals surface area contributed by atoms with Gasteiger partial charge in [-0.15, -0.1) is 0 Å². The lowest BCUT2D eigenvalue weighted by molar-refractivity contribution is -0.256. The van der Waals surface area contributed by atoms with Crippen molar-refractivity contribution < 1.29 is 38.9 Å². The molecule has 0 aliphatic carbocycles. The molecule has 2 amide bonds. The second-order valence-electron chi connectivity index (χ2n) is 8.28. The van der Waals surface area contributed by atoms with Gasteiger partial charge < -0.3 is 24.5 Å². The number of carbonyl (C=O) groups excluding carboxylic acids is 5. The largest absolute Gasteiger partial charge is 0.545 e. The van der Waals surface area contributed by atoms with Crippen molar-refractivity contribution in [3.05, 3.63) is 124 Å². The summed E-state index contributed by atoms with van der Waals surface area (Å²) in [4.78, 5) is 62.2. The maximum absolute atomic E-state index is 13.1. The number of imide groups is 1. The van der Waals surface area contributed by atoms with E-state index in [0.717, 1.165) is 4.90 Å². The molecular weight excluding hydrogens is 490 g/mol. The van der Waals surface area contributed by atoms with Gasteiger partial charge in [0.1, 0.15) is 11.5 Å². The molecule has 1 heterocycles. The van der Waals surface area contributed by atoms with Crippen molar-refractivity contribution in [1.29, 1.82) is 0 Å². The second kappa shape index (κ2) is 9.47. The first kappa shape index (κ1) is 24.1. The van der Waals surface area contributed by atoms with Gasteiger partial charge in [-0.25, -0.2) is 4.90 Å². The fourth-order valence-corrected chi connectivity index (χ4v) is 4.08. The van der Waals surface area contributed by atoms with Gasteiger partial charge in [0.2, 0.25) is 0 Å². The summed E-state index contributed by atoms with van der Waals surface area (Å²) >= 11 is 0. The maximum Gasteiger partial charge on any atom is 0.266 e. The van der Waals surface area contributed by atoms with E-state index in [-0.39, 0.29) is 33.5 Å². The van der Waals surface area contributed by atoms with Gasteiger partial charge in [-0.05, 0) is 72.3 Å². The molecule has 5 rings (SSSR count). The Morgan fingerprint density at radius 1 is 0.605 bits per heavy atom. The number of amides is 2. The van der Waals surface area contributed by atoms with Gasteiger partial charge in [0, 0.05) is 16.7 Å². The summed E-state index contributed by atoms with van der Waals surface area (Å²) in [6, 6.07) is 21.4. The molecular formula is C29H15NO8-2. The monoisotopic (exact) mass is 505 g/mol. The van der Waals surface area contributed by atoms with Crippen LogP contribution in [-0.2, 0) is 0 Å². The third-order valence-electron chi connectivity index (χ3n) is 5.96. The lowest BCUT2D eigenvalue weighted by Gasteiger charge is -2.18. The molecule has 1 aliphatic heterocycles. The van der Waals surface area contributed by atoms with Crippen LogP contribution >= 0.6 is 0 Å². The minimum Gasteiger partial charge on any atom is -0.545 e. The first-order valence-corrected chi connectivity index (χ1v) is 11.2. The van der Waals surface area contributed by atoms with Gasteiger partial charge in [-0.2, -0.15) is 0 Å². The number of hydrogen-bond acceptors (Lipinski definition) is 8. The Hall–Kier alpha value is -5.57. The van der Waals surface area contributed by atoms with E-state index in [4.69, 9.17) is 4.74 Å². The molecule has 0 saturated carbocycles. The summed E-state index contributed by atoms with van der Waals surface area (Å²) in [6.07, 6.45) is 0. The van der Waals surface area contributed by atoms with Gasteiger partial charge in [0.05, 0.1) is 28.8 Å². The highest BCUT2D eigenvalue weighted by atomic mass is 16.5. The number of aromatic carboxylic acids is 2. The van der Waals surface area contributed by atoms with E-state index in [2.05, 4.69) is 0 Å². The van der Waals surface area contributed by atoms with Crippen molar-refractivity contribution in [1.82, 2.24) is 0 Å². The Balaban J connectivity index is 1.37. The van der Waals surface area contributed by atoms with E-state index in [1.54, 1.807) is 12.1 Å². The number of carbonyl (C=O) groups is 5. The van der Waals surface area contributed by atoms with Gasteiger partial charge in [0.25, 0.3) is 11.8 Å². The number of para-hydroxylation sites is 1. The van der Waals surface area contributed by atoms with Crippen LogP contribution in [0, 0.1) is 0 Å². The zero-order valence-corrected chi connectivity index (χ0v) is 19.4. The number of anilines is 1. The average molecular weight is 505 g/mol. The van der Waals surface area contributed by atoms with Crippen LogP contribution in [0.4, 0.5) is 5.69 Å². The van der Waals surface area contributed by atoms with E-state index >= 15 is 0 Å². The summed E-state index contributed by atoms with van der Waals surface area (Å²) in [5, 5.41) is 22.4. The van der Waals surface area contributed by atoms with Gasteiger partial charge >= 0.3 is 0 Å². The van der Waals surface area contributed by atoms with Crippen molar-refractivity contribution in [3.63, 3.8) is 0 Å². The predicted molar refractivity (Wildman–Crippen MR) is 129 cm³/mol. The number of nitrogens with zero attached hydrogens (tertiary/aromatic N) is 1. The molecule has 186 valence electrons. The highest BCUT2D eigenvalue weighted by molar-refractivity contribution is 6.35. The van der Waals surface area contributed by atoms with E-state index < -0.39 is 29.5 Å². The number of carboxylic acids is 2. The van der Waals surface area contributed by atoms with Crippen LogP contribution in [-0.4, -0.2) is 29.5 Å². The van der Waals surface area contributed by atoms with Crippen molar-refractivity contribution in [2.45, 2.75) is 0 Å². The standard InChI is InChI=1S/C29H17NO8/c31-25(16-5-10-19(11-6-16)38-20-12-7-17(8-13-20)28(34)35)18-9-14-21-23(15-18)27(33)30(26(21)32)24-4-2-1-3-22(24)29(36)37/h1-15H,(H,34,35)(H,36,37)/p-2. The highest BCUT2D eigenvalue weighted by Gasteiger charge is 2.38. The first-order valence-electron chi connectivity index (χ1n) is 11.2. The smallest absolute Gasteiger partial charge is 0.266 e. The minimum atomic E-state index is -1.53. The van der Waals surface area contributed by atoms with Crippen LogP contribution < -0.4 is 19.8 Å². The lowest BCUT2D eigenvalue weighted by atomic mass is 9.99. The second-order valence-corrected chi connectivity index (χ2v) is 8.28. The lowest BCUT2D eigenvalue weighted by Crippen LogP contribution is -2.33. The molecule has 0 N–H and O–H groups in total. The number of rotatable bonds is 7. The van der Waals surface area contributed by atoms with Crippen LogP contribution in [0.3, 0.4) is 0 Å². The molecule has 0 unspecified atom stereocenters. The molecule has 4 aromatic carbocycles. The first-order chi connectivity index (χ1) is 18.2. The van der Waals surface area contributed by atoms with E-state index in [9.17, 15) is 34.2 Å².